The smallest absolute Gasteiger partial charge is 0.313 e. The molecule has 2 heterocycles. The highest BCUT2D eigenvalue weighted by atomic mass is 79.9. The molecule has 0 fully saturated rings. The lowest BCUT2D eigenvalue weighted by atomic mass is 10.2. The van der Waals surface area contributed by atoms with Gasteiger partial charge in [-0.2, -0.15) is 0 Å². The molecular weight excluding hydrogens is 415 g/mol. The van der Waals surface area contributed by atoms with Crippen LogP contribution in [0, 0.1) is 5.82 Å². The van der Waals surface area contributed by atoms with E-state index >= 15 is 0 Å². The molecule has 7 nitrogen and oxygen atoms in total. The van der Waals surface area contributed by atoms with Crippen molar-refractivity contribution < 1.29 is 8.81 Å². The minimum absolute atomic E-state index is 0.0937. The predicted molar refractivity (Wildman–Crippen MR) is 95.6 cm³/mol. The fraction of sp³-hybridized carbons (Fsp3) is 0. The third-order valence-electron chi connectivity index (χ3n) is 3.46. The summed E-state index contributed by atoms with van der Waals surface area (Å²) in [5.74, 6) is -0.403. The van der Waals surface area contributed by atoms with Gasteiger partial charge in [-0.25, -0.2) is 14.1 Å². The van der Waals surface area contributed by atoms with E-state index < -0.39 is 5.82 Å². The van der Waals surface area contributed by atoms with Crippen molar-refractivity contribution in [3.05, 3.63) is 52.0 Å². The summed E-state index contributed by atoms with van der Waals surface area (Å²) >= 11 is 9.56. The number of rotatable bonds is 3. The van der Waals surface area contributed by atoms with E-state index in [4.69, 9.17) is 21.8 Å². The maximum Gasteiger partial charge on any atom is 0.313 e. The van der Waals surface area contributed by atoms with Crippen molar-refractivity contribution in [2.75, 3.05) is 11.2 Å². The number of hydrogen-bond donors (Lipinski definition) is 2. The van der Waals surface area contributed by atoms with E-state index in [1.807, 2.05) is 6.07 Å². The van der Waals surface area contributed by atoms with Crippen LogP contribution in [0.25, 0.3) is 22.5 Å². The van der Waals surface area contributed by atoms with Crippen LogP contribution in [0.1, 0.15) is 0 Å². The lowest BCUT2D eigenvalue weighted by Crippen LogP contribution is -2.07. The van der Waals surface area contributed by atoms with Crippen LogP contribution in [0.4, 0.5) is 16.1 Å². The first-order valence-electron chi connectivity index (χ1n) is 6.99. The average molecular weight is 424 g/mol. The predicted octanol–water partition coefficient (Wildman–Crippen LogP) is 4.10. The van der Waals surface area contributed by atoms with Crippen LogP contribution in [-0.2, 0) is 0 Å². The van der Waals surface area contributed by atoms with E-state index in [9.17, 15) is 4.39 Å². The van der Waals surface area contributed by atoms with E-state index in [0.29, 0.717) is 21.8 Å². The highest BCUT2D eigenvalue weighted by Gasteiger charge is 2.15. The monoisotopic (exact) mass is 422 g/mol. The molecule has 3 N–H and O–H groups in total. The molecule has 0 unspecified atom stereocenters. The highest BCUT2D eigenvalue weighted by molar-refractivity contribution is 9.10. The van der Waals surface area contributed by atoms with E-state index in [2.05, 4.69) is 36.5 Å². The molecule has 0 bridgehead atoms. The summed E-state index contributed by atoms with van der Waals surface area (Å²) in [7, 11) is 0. The first-order chi connectivity index (χ1) is 12.0. The molecule has 0 amide bonds. The van der Waals surface area contributed by atoms with Gasteiger partial charge in [-0.1, -0.05) is 32.6 Å². The Hall–Kier alpha value is -2.65. The number of anilines is 2. The van der Waals surface area contributed by atoms with E-state index in [-0.39, 0.29) is 17.4 Å². The summed E-state index contributed by atoms with van der Waals surface area (Å²) in [4.78, 5) is 4.08. The number of halogens is 3. The Morgan fingerprint density at radius 2 is 2.08 bits per heavy atom. The number of aromatic nitrogens is 4. The van der Waals surface area contributed by atoms with Crippen molar-refractivity contribution in [2.24, 2.45) is 0 Å². The zero-order chi connectivity index (χ0) is 17.6. The summed E-state index contributed by atoms with van der Waals surface area (Å²) in [5.41, 5.74) is 10.2. The molecule has 0 atom stereocenters. The van der Waals surface area contributed by atoms with Gasteiger partial charge >= 0.3 is 6.01 Å². The van der Waals surface area contributed by atoms with Crippen molar-refractivity contribution >= 4 is 50.3 Å². The Bertz CT molecular complexity index is 1100. The number of nitrogens with one attached hydrogen (secondary N) is 1. The Kier molecular flexibility index (Phi) is 3.81. The van der Waals surface area contributed by atoms with Crippen LogP contribution in [0.15, 0.2) is 45.5 Å². The van der Waals surface area contributed by atoms with Crippen LogP contribution >= 0.6 is 27.5 Å². The number of imidazole rings is 1. The second-order valence-electron chi connectivity index (χ2n) is 5.12. The second kappa shape index (κ2) is 6.01. The Balaban J connectivity index is 1.80. The maximum absolute atomic E-state index is 14.4. The Morgan fingerprint density at radius 3 is 2.80 bits per heavy atom. The maximum atomic E-state index is 14.4. The zero-order valence-electron chi connectivity index (χ0n) is 12.4. The third kappa shape index (κ3) is 2.92. The summed E-state index contributed by atoms with van der Waals surface area (Å²) in [5, 5.41) is 7.85. The second-order valence-corrected chi connectivity index (χ2v) is 6.44. The lowest BCUT2D eigenvalue weighted by molar-refractivity contribution is 0.588. The molecule has 2 aromatic carbocycles. The van der Waals surface area contributed by atoms with Gasteiger partial charge in [0.2, 0.25) is 5.89 Å². The fourth-order valence-electron chi connectivity index (χ4n) is 2.35. The van der Waals surface area contributed by atoms with Crippen molar-refractivity contribution in [3.63, 3.8) is 0 Å². The van der Waals surface area contributed by atoms with Gasteiger partial charge in [0.25, 0.3) is 0 Å². The van der Waals surface area contributed by atoms with Gasteiger partial charge < -0.3 is 10.2 Å². The summed E-state index contributed by atoms with van der Waals surface area (Å²) in [6.07, 6.45) is 1.46. The van der Waals surface area contributed by atoms with Crippen molar-refractivity contribution in [2.45, 2.75) is 0 Å². The Morgan fingerprint density at radius 1 is 1.24 bits per heavy atom. The van der Waals surface area contributed by atoms with Gasteiger partial charge in [0.05, 0.1) is 16.2 Å². The molecule has 0 spiro atoms. The van der Waals surface area contributed by atoms with Crippen LogP contribution in [0.3, 0.4) is 0 Å². The Labute approximate surface area is 153 Å². The van der Waals surface area contributed by atoms with Gasteiger partial charge in [0.1, 0.15) is 11.8 Å². The molecule has 0 saturated heterocycles. The molecule has 0 aliphatic heterocycles. The van der Waals surface area contributed by atoms with E-state index in [1.165, 1.54) is 12.4 Å². The number of nitrogens with two attached hydrogens (primary N) is 1. The van der Waals surface area contributed by atoms with Crippen molar-refractivity contribution in [1.29, 1.82) is 0 Å². The molecule has 10 heteroatoms. The molecule has 0 aliphatic carbocycles. The number of nitrogens with zero attached hydrogens (tertiary/aromatic N) is 4. The molecule has 4 rings (SSSR count). The third-order valence-corrected chi connectivity index (χ3v) is 4.27. The highest BCUT2D eigenvalue weighted by Crippen LogP contribution is 2.29. The fourth-order valence-corrected chi connectivity index (χ4v) is 3.06. The van der Waals surface area contributed by atoms with Crippen LogP contribution in [0.2, 0.25) is 5.02 Å². The topological polar surface area (TPSA) is 94.8 Å². The van der Waals surface area contributed by atoms with Crippen LogP contribution in [-0.4, -0.2) is 19.9 Å². The summed E-state index contributed by atoms with van der Waals surface area (Å²) < 4.78 is 21.9. The van der Waals surface area contributed by atoms with E-state index in [0.717, 1.165) is 4.47 Å². The van der Waals surface area contributed by atoms with Gasteiger partial charge in [-0.3, -0.25) is 5.43 Å². The van der Waals surface area contributed by atoms with Crippen LogP contribution in [0.5, 0.6) is 0 Å². The largest absolute Gasteiger partial charge is 0.404 e. The molecule has 0 aliphatic rings. The first-order valence-corrected chi connectivity index (χ1v) is 8.16. The normalized spacial score (nSPS) is 11.2. The lowest BCUT2D eigenvalue weighted by Gasteiger charge is -2.10. The minimum atomic E-state index is -0.522. The quantitative estimate of drug-likeness (QED) is 0.515. The number of hydrogen-bond acceptors (Lipinski definition) is 6. The van der Waals surface area contributed by atoms with Gasteiger partial charge in [0.15, 0.2) is 5.82 Å². The zero-order valence-corrected chi connectivity index (χ0v) is 14.7. The molecule has 0 radical (unpaired) electrons. The standard InChI is InChI=1S/C15H9BrClFN6O/c16-8-1-2-11(9(17)5-8)23-24-6-20-13-10(18)3-7(4-12(13)24)14-21-22-15(19)25-14/h1-6,23H,(H2,19,22). The van der Waals surface area contributed by atoms with Gasteiger partial charge in [-0.05, 0) is 30.3 Å². The molecule has 0 saturated carbocycles. The van der Waals surface area contributed by atoms with E-state index in [1.54, 1.807) is 22.9 Å². The summed E-state index contributed by atoms with van der Waals surface area (Å²) in [6, 6.07) is 8.20. The first kappa shape index (κ1) is 15.9. The molecular formula is C15H9BrClFN6O. The van der Waals surface area contributed by atoms with Gasteiger partial charge in [-0.15, -0.1) is 5.10 Å². The summed E-state index contributed by atoms with van der Waals surface area (Å²) in [6.45, 7) is 0. The molecule has 4 aromatic rings. The van der Waals surface area contributed by atoms with Crippen molar-refractivity contribution in [1.82, 2.24) is 19.9 Å². The minimum Gasteiger partial charge on any atom is -0.404 e. The number of nitrogen functional groups attached to an aromatic ring is 1. The molecule has 2 aromatic heterocycles. The van der Waals surface area contributed by atoms with Crippen LogP contribution < -0.4 is 11.2 Å². The van der Waals surface area contributed by atoms with Crippen molar-refractivity contribution in [3.8, 4) is 11.5 Å². The number of benzene rings is 2. The SMILES string of the molecule is Nc1nnc(-c2cc(F)c3ncn(Nc4ccc(Br)cc4Cl)c3c2)o1. The molecule has 25 heavy (non-hydrogen) atoms. The van der Waals surface area contributed by atoms with Gasteiger partial charge in [0, 0.05) is 10.0 Å². The molecule has 126 valence electrons. The average Bonchev–Trinajstić information content (AvgIpc) is 3.17. The number of fused-ring (bicyclic) bond motifs is 1.